The van der Waals surface area contributed by atoms with Crippen LogP contribution in [0.25, 0.3) is 0 Å². The molecule has 2 aromatic carbocycles. The smallest absolute Gasteiger partial charge is 0.130 e. The third-order valence-corrected chi connectivity index (χ3v) is 7.23. The summed E-state index contributed by atoms with van der Waals surface area (Å²) in [6.45, 7) is 6.14. The summed E-state index contributed by atoms with van der Waals surface area (Å²) in [7, 11) is 0. The summed E-state index contributed by atoms with van der Waals surface area (Å²) < 4.78 is 30.0. The molecule has 0 spiro atoms. The van der Waals surface area contributed by atoms with Gasteiger partial charge in [-0.15, -0.1) is 0 Å². The molecule has 2 aromatic rings. The summed E-state index contributed by atoms with van der Waals surface area (Å²) in [5.41, 5.74) is 0.132. The number of rotatable bonds is 10. The first-order valence-corrected chi connectivity index (χ1v) is 12.2. The molecule has 1 fully saturated rings. The van der Waals surface area contributed by atoms with E-state index >= 15 is 0 Å². The van der Waals surface area contributed by atoms with Gasteiger partial charge in [0.25, 0.3) is 0 Å². The highest BCUT2D eigenvalue weighted by Gasteiger charge is 2.45. The highest BCUT2D eigenvalue weighted by atomic mass is 19.1. The van der Waals surface area contributed by atoms with Crippen LogP contribution in [0.15, 0.2) is 48.5 Å². The number of nitriles is 1. The Morgan fingerprint density at radius 3 is 2.28 bits per heavy atom. The van der Waals surface area contributed by atoms with Gasteiger partial charge in [-0.2, -0.15) is 5.26 Å². The van der Waals surface area contributed by atoms with Crippen LogP contribution in [-0.2, 0) is 12.0 Å². The van der Waals surface area contributed by atoms with E-state index in [4.69, 9.17) is 0 Å². The molecule has 172 valence electrons. The molecule has 1 aliphatic rings. The molecule has 3 rings (SSSR count). The quantitative estimate of drug-likeness (QED) is 0.387. The van der Waals surface area contributed by atoms with Crippen LogP contribution in [0.1, 0.15) is 76.3 Å². The second-order valence-corrected chi connectivity index (χ2v) is 9.36. The normalized spacial score (nSPS) is 17.6. The van der Waals surface area contributed by atoms with Gasteiger partial charge in [0.05, 0.1) is 11.5 Å². The van der Waals surface area contributed by atoms with Gasteiger partial charge in [-0.05, 0) is 69.2 Å². The highest BCUT2D eigenvalue weighted by Crippen LogP contribution is 2.46. The van der Waals surface area contributed by atoms with Crippen molar-refractivity contribution in [3.63, 3.8) is 0 Å². The molecule has 0 N–H and O–H groups in total. The van der Waals surface area contributed by atoms with E-state index in [1.54, 1.807) is 0 Å². The molecule has 0 amide bonds. The van der Waals surface area contributed by atoms with Gasteiger partial charge >= 0.3 is 0 Å². The van der Waals surface area contributed by atoms with E-state index in [0.717, 1.165) is 58.0 Å². The van der Waals surface area contributed by atoms with Crippen LogP contribution >= 0.6 is 0 Å². The Morgan fingerprint density at radius 1 is 1.03 bits per heavy atom. The minimum Gasteiger partial charge on any atom is -0.296 e. The van der Waals surface area contributed by atoms with Gasteiger partial charge in [0.1, 0.15) is 11.6 Å². The summed E-state index contributed by atoms with van der Waals surface area (Å²) in [6.07, 6.45) is 7.13. The lowest BCUT2D eigenvalue weighted by molar-refractivity contribution is 0.163. The molecule has 2 unspecified atom stereocenters. The summed E-state index contributed by atoms with van der Waals surface area (Å²) in [6, 6.07) is 17.0. The van der Waals surface area contributed by atoms with Crippen molar-refractivity contribution in [2.45, 2.75) is 83.2 Å². The number of halogens is 2. The SMILES string of the molecule is CCCN(Cc1ccccc1)C(C)CCC(C#N)(c1c(F)cccc1F)C1CCCCC1. The first-order valence-electron chi connectivity index (χ1n) is 12.2. The maximum atomic E-state index is 15.0. The van der Waals surface area contributed by atoms with Crippen molar-refractivity contribution in [2.24, 2.45) is 5.92 Å². The molecule has 1 saturated carbocycles. The molecule has 0 radical (unpaired) electrons. The fourth-order valence-corrected chi connectivity index (χ4v) is 5.44. The second-order valence-electron chi connectivity index (χ2n) is 9.36. The predicted molar refractivity (Wildman–Crippen MR) is 126 cm³/mol. The van der Waals surface area contributed by atoms with Gasteiger partial charge in [0, 0.05) is 18.2 Å². The van der Waals surface area contributed by atoms with Crippen molar-refractivity contribution < 1.29 is 8.78 Å². The maximum absolute atomic E-state index is 15.0. The van der Waals surface area contributed by atoms with Crippen LogP contribution in [0.2, 0.25) is 0 Å². The molecule has 0 aliphatic heterocycles. The van der Waals surface area contributed by atoms with Crippen LogP contribution in [0.5, 0.6) is 0 Å². The van der Waals surface area contributed by atoms with Crippen molar-refractivity contribution in [1.29, 1.82) is 5.26 Å². The number of benzene rings is 2. The van der Waals surface area contributed by atoms with Crippen molar-refractivity contribution >= 4 is 0 Å². The van der Waals surface area contributed by atoms with E-state index in [-0.39, 0.29) is 17.5 Å². The largest absolute Gasteiger partial charge is 0.296 e. The Morgan fingerprint density at radius 2 is 1.69 bits per heavy atom. The van der Waals surface area contributed by atoms with Crippen LogP contribution < -0.4 is 0 Å². The van der Waals surface area contributed by atoms with Gasteiger partial charge < -0.3 is 0 Å². The van der Waals surface area contributed by atoms with E-state index in [9.17, 15) is 14.0 Å². The third-order valence-electron chi connectivity index (χ3n) is 7.23. The van der Waals surface area contributed by atoms with E-state index in [1.165, 1.54) is 23.8 Å². The van der Waals surface area contributed by atoms with Crippen molar-refractivity contribution in [3.8, 4) is 6.07 Å². The average molecular weight is 439 g/mol. The zero-order chi connectivity index (χ0) is 23.0. The fourth-order valence-electron chi connectivity index (χ4n) is 5.44. The molecule has 0 saturated heterocycles. The van der Waals surface area contributed by atoms with Crippen molar-refractivity contribution in [2.75, 3.05) is 6.54 Å². The zero-order valence-electron chi connectivity index (χ0n) is 19.5. The molecular weight excluding hydrogens is 402 g/mol. The van der Waals surface area contributed by atoms with E-state index < -0.39 is 17.0 Å². The average Bonchev–Trinajstić information content (AvgIpc) is 2.82. The molecule has 0 aromatic heterocycles. The second kappa shape index (κ2) is 11.6. The summed E-state index contributed by atoms with van der Waals surface area (Å²) in [5, 5.41) is 10.4. The Labute approximate surface area is 192 Å². The standard InChI is InChI=1S/C28H36F2N2/c1-3-19-32(20-23-11-6-4-7-12-23)22(2)17-18-28(21-31,24-13-8-5-9-14-24)27-25(29)15-10-16-26(27)30/h4,6-7,10-12,15-16,22,24H,3,5,8-9,13-14,17-20H2,1-2H3. The zero-order valence-corrected chi connectivity index (χ0v) is 19.5. The number of hydrogen-bond acceptors (Lipinski definition) is 2. The molecular formula is C28H36F2N2. The summed E-state index contributed by atoms with van der Waals surface area (Å²) >= 11 is 0. The van der Waals surface area contributed by atoms with Crippen LogP contribution in [0, 0.1) is 28.9 Å². The molecule has 2 atom stereocenters. The third kappa shape index (κ3) is 5.56. The van der Waals surface area contributed by atoms with E-state index in [1.807, 2.05) is 6.07 Å². The predicted octanol–water partition coefficient (Wildman–Crippen LogP) is 7.39. The molecule has 0 heterocycles. The maximum Gasteiger partial charge on any atom is 0.130 e. The lowest BCUT2D eigenvalue weighted by Crippen LogP contribution is -2.40. The summed E-state index contributed by atoms with van der Waals surface area (Å²) in [4.78, 5) is 2.43. The highest BCUT2D eigenvalue weighted by molar-refractivity contribution is 5.36. The monoisotopic (exact) mass is 438 g/mol. The number of hydrogen-bond donors (Lipinski definition) is 0. The van der Waals surface area contributed by atoms with Crippen LogP contribution in [0.3, 0.4) is 0 Å². The molecule has 2 nitrogen and oxygen atoms in total. The first-order chi connectivity index (χ1) is 15.5. The van der Waals surface area contributed by atoms with Crippen molar-refractivity contribution in [1.82, 2.24) is 4.90 Å². The molecule has 32 heavy (non-hydrogen) atoms. The molecule has 1 aliphatic carbocycles. The van der Waals surface area contributed by atoms with Gasteiger partial charge in [-0.1, -0.05) is 62.6 Å². The van der Waals surface area contributed by atoms with Crippen LogP contribution in [0.4, 0.5) is 8.78 Å². The Hall–Kier alpha value is -2.25. The van der Waals surface area contributed by atoms with E-state index in [2.05, 4.69) is 49.1 Å². The lowest BCUT2D eigenvalue weighted by atomic mass is 9.63. The van der Waals surface area contributed by atoms with E-state index in [0.29, 0.717) is 6.42 Å². The molecule has 0 bridgehead atoms. The van der Waals surface area contributed by atoms with Gasteiger partial charge in [0.2, 0.25) is 0 Å². The molecule has 4 heteroatoms. The Balaban J connectivity index is 1.86. The van der Waals surface area contributed by atoms with Crippen LogP contribution in [-0.4, -0.2) is 17.5 Å². The Kier molecular flexibility index (Phi) is 8.82. The fraction of sp³-hybridized carbons (Fsp3) is 0.536. The van der Waals surface area contributed by atoms with Gasteiger partial charge in [0.15, 0.2) is 0 Å². The van der Waals surface area contributed by atoms with Gasteiger partial charge in [-0.3, -0.25) is 4.90 Å². The first kappa shape index (κ1) is 24.4. The van der Waals surface area contributed by atoms with Crippen molar-refractivity contribution in [3.05, 3.63) is 71.3 Å². The lowest BCUT2D eigenvalue weighted by Gasteiger charge is -2.40. The minimum absolute atomic E-state index is 0.00593. The topological polar surface area (TPSA) is 27.0 Å². The summed E-state index contributed by atoms with van der Waals surface area (Å²) in [5.74, 6) is -1.17. The Bertz CT molecular complexity index is 866. The van der Waals surface area contributed by atoms with Gasteiger partial charge in [-0.25, -0.2) is 8.78 Å². The number of nitrogens with zero attached hydrogens (tertiary/aromatic N) is 2. The minimum atomic E-state index is -1.12.